The van der Waals surface area contributed by atoms with Crippen molar-refractivity contribution >= 4 is 5.71 Å². The van der Waals surface area contributed by atoms with Gasteiger partial charge in [-0.15, -0.1) is 0 Å². The summed E-state index contributed by atoms with van der Waals surface area (Å²) in [5, 5.41) is 7.09. The number of aryl methyl sites for hydroxylation is 1. The average Bonchev–Trinajstić information content (AvgIpc) is 3.28. The van der Waals surface area contributed by atoms with Gasteiger partial charge in [-0.3, -0.25) is 0 Å². The summed E-state index contributed by atoms with van der Waals surface area (Å²) >= 11 is 0. The molecule has 2 aliphatic heterocycles. The number of fused-ring (bicyclic) bond motifs is 3. The fraction of sp³-hybridized carbons (Fsp3) is 0.269. The molecule has 0 N–H and O–H groups in total. The van der Waals surface area contributed by atoms with Gasteiger partial charge in [0.05, 0.1) is 33.1 Å². The second-order valence-corrected chi connectivity index (χ2v) is 7.98. The summed E-state index contributed by atoms with van der Waals surface area (Å²) < 4.78 is 23.1. The van der Waals surface area contributed by atoms with Gasteiger partial charge in [0.1, 0.15) is 5.75 Å². The summed E-state index contributed by atoms with van der Waals surface area (Å²) in [6.07, 6.45) is 0.385. The Hall–Kier alpha value is -3.67. The Morgan fingerprint density at radius 3 is 2.25 bits per heavy atom. The van der Waals surface area contributed by atoms with Crippen LogP contribution in [0.5, 0.6) is 23.0 Å². The molecule has 6 heteroatoms. The van der Waals surface area contributed by atoms with Gasteiger partial charge in [-0.05, 0) is 30.7 Å². The summed E-state index contributed by atoms with van der Waals surface area (Å²) in [6.45, 7) is 2.09. The van der Waals surface area contributed by atoms with Crippen molar-refractivity contribution in [3.63, 3.8) is 0 Å². The number of methoxy groups -OCH3 is 3. The number of benzene rings is 3. The van der Waals surface area contributed by atoms with Crippen molar-refractivity contribution in [2.45, 2.75) is 25.6 Å². The predicted octanol–water partition coefficient (Wildman–Crippen LogP) is 5.26. The molecule has 0 amide bonds. The molecule has 164 valence electrons. The minimum absolute atomic E-state index is 0.0837. The Morgan fingerprint density at radius 1 is 0.906 bits per heavy atom. The van der Waals surface area contributed by atoms with Gasteiger partial charge >= 0.3 is 0 Å². The Balaban J connectivity index is 1.61. The van der Waals surface area contributed by atoms with E-state index in [1.807, 2.05) is 30.3 Å². The number of hydrogen-bond donors (Lipinski definition) is 0. The number of hydrogen-bond acceptors (Lipinski definition) is 6. The maximum Gasteiger partial charge on any atom is 0.214 e. The minimum atomic E-state index is -0.424. The van der Waals surface area contributed by atoms with Crippen LogP contribution >= 0.6 is 0 Å². The molecule has 2 atom stereocenters. The maximum absolute atomic E-state index is 6.47. The molecule has 2 heterocycles. The molecular formula is C26H26N2O4. The molecule has 0 fully saturated rings. The zero-order chi connectivity index (χ0) is 22.2. The van der Waals surface area contributed by atoms with E-state index < -0.39 is 6.23 Å². The summed E-state index contributed by atoms with van der Waals surface area (Å²) in [6, 6.07) is 20.6. The lowest BCUT2D eigenvalue weighted by molar-refractivity contribution is -0.0192. The molecule has 32 heavy (non-hydrogen) atoms. The third-order valence-electron chi connectivity index (χ3n) is 6.06. The molecule has 0 bridgehead atoms. The molecule has 0 spiro atoms. The monoisotopic (exact) mass is 430 g/mol. The SMILES string of the molecule is COc1cc([C@@H]2Oc3ccccc3[C@@H]3CC(c4ccc(C)cc4)=NN32)cc(OC)c1OC. The van der Waals surface area contributed by atoms with Crippen molar-refractivity contribution in [1.29, 1.82) is 0 Å². The largest absolute Gasteiger partial charge is 0.493 e. The molecule has 0 aromatic heterocycles. The Kier molecular flexibility index (Phi) is 5.13. The lowest BCUT2D eigenvalue weighted by Gasteiger charge is -2.38. The zero-order valence-electron chi connectivity index (χ0n) is 18.7. The van der Waals surface area contributed by atoms with Crippen LogP contribution in [0, 0.1) is 6.92 Å². The van der Waals surface area contributed by atoms with Crippen LogP contribution in [0.4, 0.5) is 0 Å². The summed E-state index contributed by atoms with van der Waals surface area (Å²) in [5.74, 6) is 2.59. The van der Waals surface area contributed by atoms with E-state index in [1.165, 1.54) is 5.56 Å². The fourth-order valence-corrected chi connectivity index (χ4v) is 4.42. The molecule has 0 saturated heterocycles. The topological polar surface area (TPSA) is 52.5 Å². The molecule has 3 aromatic rings. The van der Waals surface area contributed by atoms with E-state index in [0.717, 1.165) is 34.6 Å². The van der Waals surface area contributed by atoms with Crippen LogP contribution in [-0.2, 0) is 0 Å². The molecule has 0 saturated carbocycles. The summed E-state index contributed by atoms with van der Waals surface area (Å²) in [7, 11) is 4.83. The third kappa shape index (κ3) is 3.32. The first-order valence-electron chi connectivity index (χ1n) is 10.6. The number of ether oxygens (including phenoxy) is 4. The van der Waals surface area contributed by atoms with E-state index >= 15 is 0 Å². The van der Waals surface area contributed by atoms with Crippen LogP contribution in [0.2, 0.25) is 0 Å². The fourth-order valence-electron chi connectivity index (χ4n) is 4.42. The maximum atomic E-state index is 6.47. The van der Waals surface area contributed by atoms with E-state index in [2.05, 4.69) is 42.3 Å². The second-order valence-electron chi connectivity index (χ2n) is 7.98. The Morgan fingerprint density at radius 2 is 1.59 bits per heavy atom. The van der Waals surface area contributed by atoms with Gasteiger partial charge in [0.25, 0.3) is 0 Å². The standard InChI is InChI=1S/C26H26N2O4/c1-16-9-11-17(12-10-16)20-15-21-19-7-5-6-8-22(19)32-26(28(21)27-20)18-13-23(29-2)25(31-4)24(14-18)30-3/h5-14,21,26H,15H2,1-4H3/t21-,26-/m0/s1. The highest BCUT2D eigenvalue weighted by atomic mass is 16.5. The van der Waals surface area contributed by atoms with Gasteiger partial charge in [0, 0.05) is 17.5 Å². The van der Waals surface area contributed by atoms with Crippen molar-refractivity contribution < 1.29 is 18.9 Å². The average molecular weight is 431 g/mol. The summed E-state index contributed by atoms with van der Waals surface area (Å²) in [5.41, 5.74) is 5.43. The Labute approximate surface area is 188 Å². The van der Waals surface area contributed by atoms with E-state index in [9.17, 15) is 0 Å². The van der Waals surface area contributed by atoms with Gasteiger partial charge in [0.15, 0.2) is 11.5 Å². The number of para-hydroxylation sites is 1. The van der Waals surface area contributed by atoms with Crippen molar-refractivity contribution in [1.82, 2.24) is 5.01 Å². The quantitative estimate of drug-likeness (QED) is 0.552. The highest BCUT2D eigenvalue weighted by Crippen LogP contribution is 2.49. The van der Waals surface area contributed by atoms with Gasteiger partial charge in [0.2, 0.25) is 12.0 Å². The van der Waals surface area contributed by atoms with Crippen molar-refractivity contribution in [3.8, 4) is 23.0 Å². The van der Waals surface area contributed by atoms with Crippen LogP contribution < -0.4 is 18.9 Å². The molecule has 2 aliphatic rings. The summed E-state index contributed by atoms with van der Waals surface area (Å²) in [4.78, 5) is 0. The van der Waals surface area contributed by atoms with Gasteiger partial charge in [-0.25, -0.2) is 5.01 Å². The van der Waals surface area contributed by atoms with E-state index in [0.29, 0.717) is 17.2 Å². The van der Waals surface area contributed by atoms with E-state index in [1.54, 1.807) is 21.3 Å². The van der Waals surface area contributed by atoms with Crippen LogP contribution in [0.15, 0.2) is 65.8 Å². The van der Waals surface area contributed by atoms with Crippen LogP contribution in [0.3, 0.4) is 0 Å². The molecule has 0 unspecified atom stereocenters. The first-order chi connectivity index (χ1) is 15.6. The van der Waals surface area contributed by atoms with Crippen LogP contribution in [0.25, 0.3) is 0 Å². The number of rotatable bonds is 5. The van der Waals surface area contributed by atoms with Crippen molar-refractivity contribution in [3.05, 3.63) is 82.9 Å². The third-order valence-corrected chi connectivity index (χ3v) is 6.06. The van der Waals surface area contributed by atoms with E-state index in [-0.39, 0.29) is 6.04 Å². The normalized spacial score (nSPS) is 18.9. The Bertz CT molecular complexity index is 1150. The van der Waals surface area contributed by atoms with Crippen molar-refractivity contribution in [2.24, 2.45) is 5.10 Å². The minimum Gasteiger partial charge on any atom is -0.493 e. The van der Waals surface area contributed by atoms with Crippen molar-refractivity contribution in [2.75, 3.05) is 21.3 Å². The smallest absolute Gasteiger partial charge is 0.214 e. The second kappa shape index (κ2) is 8.11. The predicted molar refractivity (Wildman–Crippen MR) is 123 cm³/mol. The van der Waals surface area contributed by atoms with Gasteiger partial charge in [-0.2, -0.15) is 5.10 Å². The number of hydrazone groups is 1. The highest BCUT2D eigenvalue weighted by molar-refractivity contribution is 6.02. The van der Waals surface area contributed by atoms with E-state index in [4.69, 9.17) is 24.0 Å². The molecule has 3 aromatic carbocycles. The lowest BCUT2D eigenvalue weighted by atomic mass is 9.95. The van der Waals surface area contributed by atoms with Gasteiger partial charge in [-0.1, -0.05) is 48.0 Å². The highest BCUT2D eigenvalue weighted by Gasteiger charge is 2.41. The molecule has 0 radical (unpaired) electrons. The van der Waals surface area contributed by atoms with Gasteiger partial charge < -0.3 is 18.9 Å². The molecule has 0 aliphatic carbocycles. The molecular weight excluding hydrogens is 404 g/mol. The van der Waals surface area contributed by atoms with Crippen LogP contribution in [0.1, 0.15) is 40.9 Å². The zero-order valence-corrected chi connectivity index (χ0v) is 18.7. The number of nitrogens with zero attached hydrogens (tertiary/aromatic N) is 2. The van der Waals surface area contributed by atoms with Crippen LogP contribution in [-0.4, -0.2) is 32.0 Å². The molecule has 5 rings (SSSR count). The lowest BCUT2D eigenvalue weighted by Crippen LogP contribution is -2.33. The molecule has 6 nitrogen and oxygen atoms in total. The first-order valence-corrected chi connectivity index (χ1v) is 10.6. The first kappa shape index (κ1) is 20.2.